The smallest absolute Gasteiger partial charge is 0.317 e. The summed E-state index contributed by atoms with van der Waals surface area (Å²) in [5, 5.41) is 4.80. The number of nitrogens with one attached hydrogen (secondary N) is 1. The molecule has 170 valence electrons. The fourth-order valence-electron chi connectivity index (χ4n) is 3.23. The van der Waals surface area contributed by atoms with Crippen molar-refractivity contribution in [2.75, 3.05) is 40.4 Å². The van der Waals surface area contributed by atoms with Crippen LogP contribution in [0.15, 0.2) is 35.7 Å². The van der Waals surface area contributed by atoms with Crippen molar-refractivity contribution in [3.63, 3.8) is 0 Å². The van der Waals surface area contributed by atoms with Crippen LogP contribution in [0, 0.1) is 0 Å². The molecule has 2 aromatic rings. The summed E-state index contributed by atoms with van der Waals surface area (Å²) in [6.45, 7) is 6.08. The summed E-state index contributed by atoms with van der Waals surface area (Å²) < 4.78 is 10.7. The molecule has 1 aromatic heterocycles. The van der Waals surface area contributed by atoms with Crippen molar-refractivity contribution in [2.45, 2.75) is 33.2 Å². The summed E-state index contributed by atoms with van der Waals surface area (Å²) >= 11 is 1.62. The number of carbonyl (C=O) groups is 2. The van der Waals surface area contributed by atoms with Gasteiger partial charge in [0.1, 0.15) is 6.54 Å². The first kappa shape index (κ1) is 24.5. The number of hydrogen-bond donors (Lipinski definition) is 1. The van der Waals surface area contributed by atoms with Crippen LogP contribution in [0.25, 0.3) is 0 Å². The van der Waals surface area contributed by atoms with Gasteiger partial charge in [-0.2, -0.15) is 0 Å². The van der Waals surface area contributed by atoms with E-state index in [1.54, 1.807) is 30.5 Å². The van der Waals surface area contributed by atoms with Gasteiger partial charge >= 0.3 is 6.03 Å². The second kappa shape index (κ2) is 12.8. The minimum Gasteiger partial charge on any atom is -0.493 e. The van der Waals surface area contributed by atoms with Crippen molar-refractivity contribution in [2.24, 2.45) is 0 Å². The van der Waals surface area contributed by atoms with Gasteiger partial charge in [0.05, 0.1) is 20.8 Å². The lowest BCUT2D eigenvalue weighted by Gasteiger charge is -2.27. The Hall–Kier alpha value is -2.74. The van der Waals surface area contributed by atoms with Gasteiger partial charge in [-0.05, 0) is 48.9 Å². The van der Waals surface area contributed by atoms with Crippen molar-refractivity contribution >= 4 is 23.3 Å². The Morgan fingerprint density at radius 1 is 1.03 bits per heavy atom. The van der Waals surface area contributed by atoms with Crippen LogP contribution in [0.3, 0.4) is 0 Å². The lowest BCUT2D eigenvalue weighted by molar-refractivity contribution is -0.132. The predicted molar refractivity (Wildman–Crippen MR) is 124 cm³/mol. The Bertz CT molecular complexity index is 826. The van der Waals surface area contributed by atoms with Gasteiger partial charge in [-0.15, -0.1) is 11.3 Å². The standard InChI is InChI=1S/C23H33N3O4S/c1-5-12-26(23(28)24-6-2)17-22(27)25(16-19-8-7-14-31-19)13-11-18-9-10-20(29-3)21(15-18)30-4/h7-10,14-15H,5-6,11-13,16-17H2,1-4H3,(H,24,28). The molecule has 2 rings (SSSR count). The third-order valence-corrected chi connectivity index (χ3v) is 5.69. The van der Waals surface area contributed by atoms with E-state index in [1.165, 1.54) is 0 Å². The third kappa shape index (κ3) is 7.47. The van der Waals surface area contributed by atoms with Crippen LogP contribution in [0.2, 0.25) is 0 Å². The lowest BCUT2D eigenvalue weighted by atomic mass is 10.1. The second-order valence-corrected chi connectivity index (χ2v) is 8.12. The molecule has 0 aliphatic carbocycles. The summed E-state index contributed by atoms with van der Waals surface area (Å²) in [5.74, 6) is 1.28. The van der Waals surface area contributed by atoms with Gasteiger partial charge in [0.2, 0.25) is 5.91 Å². The number of amides is 3. The highest BCUT2D eigenvalue weighted by molar-refractivity contribution is 7.09. The molecule has 3 amide bonds. The zero-order chi connectivity index (χ0) is 22.6. The number of thiophene rings is 1. The van der Waals surface area contributed by atoms with E-state index in [4.69, 9.17) is 9.47 Å². The molecule has 0 aliphatic heterocycles. The molecular weight excluding hydrogens is 414 g/mol. The molecule has 0 bridgehead atoms. The van der Waals surface area contributed by atoms with Crippen LogP contribution in [0.4, 0.5) is 4.79 Å². The molecule has 7 nitrogen and oxygen atoms in total. The van der Waals surface area contributed by atoms with Crippen LogP contribution >= 0.6 is 11.3 Å². The number of nitrogens with zero attached hydrogens (tertiary/aromatic N) is 2. The van der Waals surface area contributed by atoms with Crippen LogP contribution in [-0.2, 0) is 17.8 Å². The van der Waals surface area contributed by atoms with Crippen LogP contribution in [0.1, 0.15) is 30.7 Å². The molecule has 1 aromatic carbocycles. The van der Waals surface area contributed by atoms with E-state index in [2.05, 4.69) is 5.32 Å². The minimum absolute atomic E-state index is 0.0615. The highest BCUT2D eigenvalue weighted by Crippen LogP contribution is 2.27. The summed E-state index contributed by atoms with van der Waals surface area (Å²) in [6, 6.07) is 9.59. The molecule has 0 saturated carbocycles. The molecule has 0 fully saturated rings. The quantitative estimate of drug-likeness (QED) is 0.538. The Balaban J connectivity index is 2.12. The van der Waals surface area contributed by atoms with Gasteiger partial charge in [-0.3, -0.25) is 4.79 Å². The molecule has 1 heterocycles. The van der Waals surface area contributed by atoms with E-state index < -0.39 is 0 Å². The van der Waals surface area contributed by atoms with Crippen LogP contribution < -0.4 is 14.8 Å². The highest BCUT2D eigenvalue weighted by atomic mass is 32.1. The molecule has 0 saturated heterocycles. The second-order valence-electron chi connectivity index (χ2n) is 7.09. The number of rotatable bonds is 12. The largest absolute Gasteiger partial charge is 0.493 e. The first-order valence-corrected chi connectivity index (χ1v) is 11.4. The zero-order valence-corrected chi connectivity index (χ0v) is 19.7. The van der Waals surface area contributed by atoms with Gasteiger partial charge in [-0.25, -0.2) is 4.79 Å². The molecule has 0 unspecified atom stereocenters. The topological polar surface area (TPSA) is 71.1 Å². The van der Waals surface area contributed by atoms with E-state index in [0.717, 1.165) is 16.9 Å². The summed E-state index contributed by atoms with van der Waals surface area (Å²) in [5.41, 5.74) is 1.05. The Labute approximate surface area is 188 Å². The number of methoxy groups -OCH3 is 2. The number of ether oxygens (including phenoxy) is 2. The van der Waals surface area contributed by atoms with E-state index in [1.807, 2.05) is 54.5 Å². The van der Waals surface area contributed by atoms with E-state index >= 15 is 0 Å². The number of urea groups is 1. The average Bonchev–Trinajstić information content (AvgIpc) is 3.29. The molecule has 0 radical (unpaired) electrons. The summed E-state index contributed by atoms with van der Waals surface area (Å²) in [7, 11) is 3.22. The minimum atomic E-state index is -0.200. The average molecular weight is 448 g/mol. The van der Waals surface area contributed by atoms with Gasteiger partial charge in [-0.1, -0.05) is 19.1 Å². The first-order chi connectivity index (χ1) is 15.0. The zero-order valence-electron chi connectivity index (χ0n) is 18.8. The number of benzene rings is 1. The lowest BCUT2D eigenvalue weighted by Crippen LogP contribution is -2.47. The Kier molecular flexibility index (Phi) is 10.2. The molecule has 0 aliphatic rings. The third-order valence-electron chi connectivity index (χ3n) is 4.83. The molecule has 8 heteroatoms. The summed E-state index contributed by atoms with van der Waals surface area (Å²) in [4.78, 5) is 30.0. The monoisotopic (exact) mass is 447 g/mol. The van der Waals surface area contributed by atoms with Gasteiger partial charge in [0, 0.05) is 24.5 Å². The first-order valence-electron chi connectivity index (χ1n) is 10.6. The van der Waals surface area contributed by atoms with Crippen molar-refractivity contribution in [1.29, 1.82) is 0 Å². The molecule has 1 N–H and O–H groups in total. The van der Waals surface area contributed by atoms with Crippen molar-refractivity contribution in [3.8, 4) is 11.5 Å². The fourth-order valence-corrected chi connectivity index (χ4v) is 3.95. The number of carbonyl (C=O) groups excluding carboxylic acids is 2. The maximum absolute atomic E-state index is 13.2. The van der Waals surface area contributed by atoms with Crippen LogP contribution in [0.5, 0.6) is 11.5 Å². The van der Waals surface area contributed by atoms with Crippen LogP contribution in [-0.4, -0.2) is 62.1 Å². The molecular formula is C23H33N3O4S. The van der Waals surface area contributed by atoms with Crippen molar-refractivity contribution in [1.82, 2.24) is 15.1 Å². The normalized spacial score (nSPS) is 10.5. The van der Waals surface area contributed by atoms with Gasteiger partial charge < -0.3 is 24.6 Å². The van der Waals surface area contributed by atoms with Crippen molar-refractivity contribution in [3.05, 3.63) is 46.2 Å². The van der Waals surface area contributed by atoms with E-state index in [-0.39, 0.29) is 18.5 Å². The summed E-state index contributed by atoms with van der Waals surface area (Å²) in [6.07, 6.45) is 1.47. The Morgan fingerprint density at radius 2 is 1.81 bits per heavy atom. The SMILES string of the molecule is CCCN(CC(=O)N(CCc1ccc(OC)c(OC)c1)Cc1cccs1)C(=O)NCC. The molecule has 31 heavy (non-hydrogen) atoms. The highest BCUT2D eigenvalue weighted by Gasteiger charge is 2.21. The van der Waals surface area contributed by atoms with Crippen molar-refractivity contribution < 1.29 is 19.1 Å². The maximum atomic E-state index is 13.2. The maximum Gasteiger partial charge on any atom is 0.317 e. The predicted octanol–water partition coefficient (Wildman–Crippen LogP) is 3.78. The molecule has 0 atom stereocenters. The molecule has 0 spiro atoms. The van der Waals surface area contributed by atoms with E-state index in [0.29, 0.717) is 44.1 Å². The van der Waals surface area contributed by atoms with E-state index in [9.17, 15) is 9.59 Å². The number of hydrogen-bond acceptors (Lipinski definition) is 5. The fraction of sp³-hybridized carbons (Fsp3) is 0.478. The van der Waals surface area contributed by atoms with Gasteiger partial charge in [0.15, 0.2) is 11.5 Å². The van der Waals surface area contributed by atoms with Gasteiger partial charge in [0.25, 0.3) is 0 Å². The Morgan fingerprint density at radius 3 is 2.42 bits per heavy atom.